The van der Waals surface area contributed by atoms with Crippen LogP contribution in [0.15, 0.2) is 47.0 Å². The van der Waals surface area contributed by atoms with E-state index in [4.69, 9.17) is 25.2 Å². The zero-order chi connectivity index (χ0) is 26.2. The van der Waals surface area contributed by atoms with Gasteiger partial charge in [-0.25, -0.2) is 4.39 Å². The van der Waals surface area contributed by atoms with E-state index in [1.165, 1.54) is 12.1 Å². The van der Waals surface area contributed by atoms with Gasteiger partial charge in [-0.2, -0.15) is 0 Å². The van der Waals surface area contributed by atoms with Crippen LogP contribution >= 0.6 is 0 Å². The number of aliphatic hydroxyl groups excluding tert-OH is 1. The van der Waals surface area contributed by atoms with Crippen LogP contribution in [0.4, 0.5) is 10.3 Å². The minimum Gasteiger partial charge on any atom is -0.454 e. The van der Waals surface area contributed by atoms with Crippen molar-refractivity contribution in [2.45, 2.75) is 33.0 Å². The lowest BCUT2D eigenvalue weighted by molar-refractivity contribution is 0.0243. The number of ether oxygens (including phenoxy) is 3. The van der Waals surface area contributed by atoms with Crippen LogP contribution in [0, 0.1) is 18.2 Å². The van der Waals surface area contributed by atoms with E-state index in [9.17, 15) is 9.50 Å². The van der Waals surface area contributed by atoms with Crippen molar-refractivity contribution in [3.63, 3.8) is 0 Å². The molecule has 0 saturated carbocycles. The largest absolute Gasteiger partial charge is 0.454 e. The fourth-order valence-corrected chi connectivity index (χ4v) is 4.35. The molecule has 1 aromatic heterocycles. The molecular formula is C28H32FN3O5. The summed E-state index contributed by atoms with van der Waals surface area (Å²) in [7, 11) is 0. The lowest BCUT2D eigenvalue weighted by Crippen LogP contribution is -2.35. The maximum Gasteiger partial charge on any atom is 0.232 e. The van der Waals surface area contributed by atoms with Crippen LogP contribution in [-0.4, -0.2) is 60.9 Å². The highest BCUT2D eigenvalue weighted by atomic mass is 19.1. The van der Waals surface area contributed by atoms with Gasteiger partial charge in [-0.1, -0.05) is 17.1 Å². The summed E-state index contributed by atoms with van der Waals surface area (Å²) in [5.74, 6) is 4.14. The topological polar surface area (TPSA) is 80.4 Å². The van der Waals surface area contributed by atoms with Gasteiger partial charge in [0.15, 0.2) is 11.5 Å². The Bertz CT molecular complexity index is 1200. The molecule has 0 amide bonds. The summed E-state index contributed by atoms with van der Waals surface area (Å²) in [6.07, 6.45) is 4.50. The Morgan fingerprint density at radius 3 is 2.59 bits per heavy atom. The van der Waals surface area contributed by atoms with Gasteiger partial charge >= 0.3 is 0 Å². The van der Waals surface area contributed by atoms with E-state index in [1.54, 1.807) is 12.1 Å². The van der Waals surface area contributed by atoms with Crippen molar-refractivity contribution in [1.29, 1.82) is 0 Å². The third kappa shape index (κ3) is 6.60. The van der Waals surface area contributed by atoms with Crippen molar-refractivity contribution < 1.29 is 28.2 Å². The van der Waals surface area contributed by atoms with Crippen LogP contribution in [0.2, 0.25) is 0 Å². The molecule has 0 spiro atoms. The first-order valence-electron chi connectivity index (χ1n) is 12.3. The number of anilines is 1. The first kappa shape index (κ1) is 26.5. The van der Waals surface area contributed by atoms with E-state index < -0.39 is 6.10 Å². The molecule has 196 valence electrons. The zero-order valence-corrected chi connectivity index (χ0v) is 21.2. The quantitative estimate of drug-likeness (QED) is 0.273. The van der Waals surface area contributed by atoms with Crippen molar-refractivity contribution in [2.24, 2.45) is 0 Å². The summed E-state index contributed by atoms with van der Waals surface area (Å²) in [5, 5.41) is 15.1. The number of fused-ring (bicyclic) bond motifs is 1. The SMILES string of the molecule is C#CCOCC(O)CN(Cc1ccc2c(c1)OCO2)Cc1c(-c2ccc(F)cc2)noc1N(CC)CC. The average molecular weight is 510 g/mol. The van der Waals surface area contributed by atoms with Crippen LogP contribution in [0.5, 0.6) is 11.5 Å². The first-order chi connectivity index (χ1) is 18.0. The number of terminal acetylenes is 1. The Hall–Kier alpha value is -3.58. The van der Waals surface area contributed by atoms with Crippen LogP contribution < -0.4 is 14.4 Å². The highest BCUT2D eigenvalue weighted by Gasteiger charge is 2.25. The molecule has 8 nitrogen and oxygen atoms in total. The lowest BCUT2D eigenvalue weighted by atomic mass is 10.1. The summed E-state index contributed by atoms with van der Waals surface area (Å²) < 4.78 is 35.8. The van der Waals surface area contributed by atoms with E-state index in [-0.39, 0.29) is 25.8 Å². The van der Waals surface area contributed by atoms with E-state index >= 15 is 0 Å². The first-order valence-corrected chi connectivity index (χ1v) is 12.3. The number of halogens is 1. The molecule has 9 heteroatoms. The molecule has 37 heavy (non-hydrogen) atoms. The highest BCUT2D eigenvalue weighted by molar-refractivity contribution is 5.68. The number of hydrogen-bond acceptors (Lipinski definition) is 8. The summed E-state index contributed by atoms with van der Waals surface area (Å²) in [6, 6.07) is 12.0. The smallest absolute Gasteiger partial charge is 0.232 e. The summed E-state index contributed by atoms with van der Waals surface area (Å²) in [4.78, 5) is 4.18. The van der Waals surface area contributed by atoms with Crippen molar-refractivity contribution in [3.8, 4) is 35.1 Å². The van der Waals surface area contributed by atoms with Gasteiger partial charge in [-0.3, -0.25) is 4.90 Å². The van der Waals surface area contributed by atoms with Crippen molar-refractivity contribution in [2.75, 3.05) is 44.5 Å². The monoisotopic (exact) mass is 509 g/mol. The van der Waals surface area contributed by atoms with E-state index in [1.807, 2.05) is 32.0 Å². The molecule has 0 bridgehead atoms. The Morgan fingerprint density at radius 1 is 1.11 bits per heavy atom. The molecule has 1 aliphatic rings. The molecule has 3 aromatic rings. The molecule has 1 N–H and O–H groups in total. The molecule has 1 unspecified atom stereocenters. The fraction of sp³-hybridized carbons (Fsp3) is 0.393. The van der Waals surface area contributed by atoms with Crippen molar-refractivity contribution in [1.82, 2.24) is 10.1 Å². The number of rotatable bonds is 13. The molecule has 0 radical (unpaired) electrons. The molecule has 0 aliphatic carbocycles. The van der Waals surface area contributed by atoms with Gasteiger partial charge in [0.1, 0.15) is 18.1 Å². The standard InChI is InChI=1S/C28H32FN3O5/c1-4-13-34-18-23(33)16-31(15-20-7-12-25-26(14-20)36-19-35-25)17-24-27(21-8-10-22(29)11-9-21)30-37-28(24)32(5-2)6-3/h1,7-12,14,23,33H,5-6,13,15-19H2,2-3H3. The highest BCUT2D eigenvalue weighted by Crippen LogP contribution is 2.35. The third-order valence-corrected chi connectivity index (χ3v) is 6.13. The molecule has 0 saturated heterocycles. The summed E-state index contributed by atoms with van der Waals surface area (Å²) in [6.45, 7) is 7.22. The third-order valence-electron chi connectivity index (χ3n) is 6.13. The maximum absolute atomic E-state index is 13.6. The summed E-state index contributed by atoms with van der Waals surface area (Å²) >= 11 is 0. The van der Waals surface area contributed by atoms with Crippen LogP contribution in [0.25, 0.3) is 11.3 Å². The van der Waals surface area contributed by atoms with Crippen LogP contribution in [0.1, 0.15) is 25.0 Å². The molecule has 0 fully saturated rings. The van der Waals surface area contributed by atoms with Gasteiger partial charge < -0.3 is 28.7 Å². The maximum atomic E-state index is 13.6. The van der Waals surface area contributed by atoms with Crippen molar-refractivity contribution in [3.05, 3.63) is 59.4 Å². The minimum absolute atomic E-state index is 0.110. The Kier molecular flexibility index (Phi) is 9.01. The predicted molar refractivity (Wildman–Crippen MR) is 138 cm³/mol. The molecule has 4 rings (SSSR count). The van der Waals surface area contributed by atoms with Gasteiger partial charge in [-0.15, -0.1) is 6.42 Å². The molecule has 1 aliphatic heterocycles. The lowest BCUT2D eigenvalue weighted by Gasteiger charge is -2.27. The van der Waals surface area contributed by atoms with Crippen molar-refractivity contribution >= 4 is 5.88 Å². The minimum atomic E-state index is -0.770. The predicted octanol–water partition coefficient (Wildman–Crippen LogP) is 4.07. The van der Waals surface area contributed by atoms with Gasteiger partial charge in [0.25, 0.3) is 0 Å². The Labute approximate surface area is 216 Å². The Morgan fingerprint density at radius 2 is 1.86 bits per heavy atom. The molecular weight excluding hydrogens is 477 g/mol. The van der Waals surface area contributed by atoms with E-state index in [0.717, 1.165) is 29.8 Å². The molecule has 2 aromatic carbocycles. The molecule has 1 atom stereocenters. The zero-order valence-electron chi connectivity index (χ0n) is 21.2. The van der Waals surface area contributed by atoms with Crippen LogP contribution in [-0.2, 0) is 17.8 Å². The normalized spacial score (nSPS) is 13.1. The van der Waals surface area contributed by atoms with E-state index in [2.05, 4.69) is 20.9 Å². The number of hydrogen-bond donors (Lipinski definition) is 1. The summed E-state index contributed by atoms with van der Waals surface area (Å²) in [5.41, 5.74) is 3.23. The van der Waals surface area contributed by atoms with Gasteiger partial charge in [0.05, 0.1) is 18.3 Å². The number of aliphatic hydroxyl groups is 1. The van der Waals surface area contributed by atoms with Gasteiger partial charge in [0, 0.05) is 38.3 Å². The van der Waals surface area contributed by atoms with Crippen LogP contribution in [0.3, 0.4) is 0 Å². The number of aromatic nitrogens is 1. The number of benzene rings is 2. The fourth-order valence-electron chi connectivity index (χ4n) is 4.35. The molecule has 2 heterocycles. The van der Waals surface area contributed by atoms with Gasteiger partial charge in [-0.05, 0) is 55.8 Å². The second kappa shape index (κ2) is 12.6. The second-order valence-corrected chi connectivity index (χ2v) is 8.72. The average Bonchev–Trinajstić information content (AvgIpc) is 3.53. The second-order valence-electron chi connectivity index (χ2n) is 8.72. The van der Waals surface area contributed by atoms with Gasteiger partial charge in [0.2, 0.25) is 12.7 Å². The number of nitrogens with zero attached hydrogens (tertiary/aromatic N) is 3. The Balaban J connectivity index is 1.66. The van der Waals surface area contributed by atoms with E-state index in [0.29, 0.717) is 42.7 Å².